The van der Waals surface area contributed by atoms with Gasteiger partial charge in [0, 0.05) is 14.3 Å². The highest BCUT2D eigenvalue weighted by atomic mass is 127. The number of halogens is 1. The maximum Gasteiger partial charge on any atom is 0.337 e. The normalized spacial score (nSPS) is 10.9. The molecule has 18 heavy (non-hydrogen) atoms. The Hall–Kier alpha value is -1.69. The van der Waals surface area contributed by atoms with E-state index in [0.29, 0.717) is 5.52 Å². The summed E-state index contributed by atoms with van der Waals surface area (Å²) in [4.78, 5) is 15.7. The third-order valence-electron chi connectivity index (χ3n) is 2.86. The maximum absolute atomic E-state index is 11.2. The van der Waals surface area contributed by atoms with Crippen LogP contribution in [0.3, 0.4) is 0 Å². The molecule has 0 fully saturated rings. The fraction of sp³-hybridized carbons (Fsp3) is 0. The topological polar surface area (TPSA) is 50.2 Å². The van der Waals surface area contributed by atoms with E-state index < -0.39 is 5.97 Å². The van der Waals surface area contributed by atoms with Crippen LogP contribution in [0.5, 0.6) is 0 Å². The number of pyridine rings is 1. The quantitative estimate of drug-likeness (QED) is 0.539. The Morgan fingerprint density at radius 2 is 1.94 bits per heavy atom. The van der Waals surface area contributed by atoms with E-state index in [4.69, 9.17) is 0 Å². The Balaban J connectivity index is 2.52. The van der Waals surface area contributed by atoms with Crippen molar-refractivity contribution in [3.05, 3.63) is 51.6 Å². The molecule has 0 saturated heterocycles. The Kier molecular flexibility index (Phi) is 2.66. The predicted molar refractivity (Wildman–Crippen MR) is 78.9 cm³/mol. The zero-order valence-corrected chi connectivity index (χ0v) is 11.4. The van der Waals surface area contributed by atoms with Crippen LogP contribution in [-0.2, 0) is 0 Å². The zero-order chi connectivity index (χ0) is 12.7. The molecule has 3 aromatic rings. The number of para-hydroxylation sites is 1. The van der Waals surface area contributed by atoms with Gasteiger partial charge in [-0.1, -0.05) is 18.2 Å². The first-order valence-electron chi connectivity index (χ1n) is 5.38. The number of aromatic nitrogens is 1. The second-order valence-corrected chi connectivity index (χ2v) is 5.14. The van der Waals surface area contributed by atoms with Crippen molar-refractivity contribution in [3.8, 4) is 0 Å². The highest BCUT2D eigenvalue weighted by Gasteiger charge is 2.12. The van der Waals surface area contributed by atoms with Crippen LogP contribution < -0.4 is 0 Å². The summed E-state index contributed by atoms with van der Waals surface area (Å²) in [6, 6.07) is 13.1. The number of benzene rings is 2. The maximum atomic E-state index is 11.2. The van der Waals surface area contributed by atoms with Gasteiger partial charge in [0.1, 0.15) is 0 Å². The molecule has 0 atom stereocenters. The van der Waals surface area contributed by atoms with Crippen molar-refractivity contribution in [3.63, 3.8) is 0 Å². The Bertz CT molecular complexity index is 783. The minimum absolute atomic E-state index is 0.246. The lowest BCUT2D eigenvalue weighted by Crippen LogP contribution is -2.00. The molecular formula is C14H8INO2. The van der Waals surface area contributed by atoms with Gasteiger partial charge in [-0.05, 0) is 46.9 Å². The molecule has 0 bridgehead atoms. The molecule has 2 aromatic carbocycles. The molecule has 0 radical (unpaired) electrons. The number of carboxylic acids is 1. The number of fused-ring (bicyclic) bond motifs is 2. The minimum atomic E-state index is -0.945. The molecule has 88 valence electrons. The second kappa shape index (κ2) is 4.20. The van der Waals surface area contributed by atoms with Crippen LogP contribution in [0.15, 0.2) is 42.5 Å². The summed E-state index contributed by atoms with van der Waals surface area (Å²) >= 11 is 2.20. The Labute approximate surface area is 117 Å². The molecule has 3 rings (SSSR count). The van der Waals surface area contributed by atoms with Crippen LogP contribution in [0, 0.1) is 3.57 Å². The molecule has 0 aliphatic rings. The fourth-order valence-electron chi connectivity index (χ4n) is 2.00. The van der Waals surface area contributed by atoms with Crippen LogP contribution in [-0.4, -0.2) is 16.1 Å². The van der Waals surface area contributed by atoms with Gasteiger partial charge in [0.05, 0.1) is 16.6 Å². The van der Waals surface area contributed by atoms with Gasteiger partial charge in [0.15, 0.2) is 0 Å². The average Bonchev–Trinajstić information content (AvgIpc) is 2.37. The first-order chi connectivity index (χ1) is 8.66. The van der Waals surface area contributed by atoms with Gasteiger partial charge >= 0.3 is 5.97 Å². The van der Waals surface area contributed by atoms with E-state index in [9.17, 15) is 9.90 Å². The summed E-state index contributed by atoms with van der Waals surface area (Å²) in [6.45, 7) is 0. The monoisotopic (exact) mass is 349 g/mol. The molecule has 0 spiro atoms. The molecule has 1 N–H and O–H groups in total. The predicted octanol–water partition coefficient (Wildman–Crippen LogP) is 3.69. The van der Waals surface area contributed by atoms with Crippen molar-refractivity contribution >= 4 is 50.4 Å². The van der Waals surface area contributed by atoms with E-state index in [1.807, 2.05) is 36.4 Å². The Morgan fingerprint density at radius 3 is 2.72 bits per heavy atom. The minimum Gasteiger partial charge on any atom is -0.478 e. The number of hydrogen-bond donors (Lipinski definition) is 1. The van der Waals surface area contributed by atoms with E-state index >= 15 is 0 Å². The van der Waals surface area contributed by atoms with E-state index in [-0.39, 0.29) is 5.56 Å². The van der Waals surface area contributed by atoms with Gasteiger partial charge < -0.3 is 5.11 Å². The molecule has 0 aliphatic heterocycles. The lowest BCUT2D eigenvalue weighted by molar-refractivity contribution is 0.0699. The van der Waals surface area contributed by atoms with Crippen molar-refractivity contribution in [1.82, 2.24) is 4.98 Å². The van der Waals surface area contributed by atoms with Crippen molar-refractivity contribution in [2.45, 2.75) is 0 Å². The molecule has 3 nitrogen and oxygen atoms in total. The molecule has 4 heteroatoms. The van der Waals surface area contributed by atoms with E-state index in [1.165, 1.54) is 0 Å². The molecule has 0 unspecified atom stereocenters. The van der Waals surface area contributed by atoms with Gasteiger partial charge in [0.2, 0.25) is 0 Å². The van der Waals surface area contributed by atoms with Gasteiger partial charge in [-0.2, -0.15) is 0 Å². The van der Waals surface area contributed by atoms with Gasteiger partial charge in [0.25, 0.3) is 0 Å². The largest absolute Gasteiger partial charge is 0.478 e. The van der Waals surface area contributed by atoms with Gasteiger partial charge in [-0.15, -0.1) is 0 Å². The number of aromatic carboxylic acids is 1. The van der Waals surface area contributed by atoms with Crippen LogP contribution in [0.25, 0.3) is 21.8 Å². The number of hydrogen-bond acceptors (Lipinski definition) is 2. The highest BCUT2D eigenvalue weighted by molar-refractivity contribution is 14.1. The number of carbonyl (C=O) groups is 1. The van der Waals surface area contributed by atoms with E-state index in [1.54, 1.807) is 6.07 Å². The van der Waals surface area contributed by atoms with Gasteiger partial charge in [-0.3, -0.25) is 0 Å². The summed E-state index contributed by atoms with van der Waals surface area (Å²) in [5, 5.41) is 11.1. The van der Waals surface area contributed by atoms with Crippen molar-refractivity contribution in [1.29, 1.82) is 0 Å². The lowest BCUT2D eigenvalue weighted by atomic mass is 10.1. The molecule has 1 aromatic heterocycles. The third kappa shape index (κ3) is 1.73. The molecule has 1 heterocycles. The number of rotatable bonds is 1. The third-order valence-corrected chi connectivity index (χ3v) is 3.80. The lowest BCUT2D eigenvalue weighted by Gasteiger charge is -2.06. The molecule has 0 aliphatic carbocycles. The fourth-order valence-corrected chi connectivity index (χ4v) is 2.59. The van der Waals surface area contributed by atoms with E-state index in [2.05, 4.69) is 27.6 Å². The van der Waals surface area contributed by atoms with Crippen LogP contribution >= 0.6 is 22.6 Å². The standard InChI is InChI=1S/C14H8INO2/c15-11-6-5-9(14(17)18)13-10(11)7-8-3-1-2-4-12(8)16-13/h1-7H,(H,17,18). The van der Waals surface area contributed by atoms with Crippen LogP contribution in [0.4, 0.5) is 0 Å². The van der Waals surface area contributed by atoms with Crippen LogP contribution in [0.2, 0.25) is 0 Å². The first-order valence-corrected chi connectivity index (χ1v) is 6.46. The first kappa shape index (κ1) is 11.4. The summed E-state index contributed by atoms with van der Waals surface area (Å²) in [5.41, 5.74) is 1.61. The highest BCUT2D eigenvalue weighted by Crippen LogP contribution is 2.26. The van der Waals surface area contributed by atoms with E-state index in [0.717, 1.165) is 19.9 Å². The molecule has 0 saturated carbocycles. The van der Waals surface area contributed by atoms with Crippen molar-refractivity contribution < 1.29 is 9.90 Å². The number of nitrogens with zero attached hydrogens (tertiary/aromatic N) is 1. The molecule has 0 amide bonds. The summed E-state index contributed by atoms with van der Waals surface area (Å²) < 4.78 is 1.01. The number of carboxylic acid groups (broad SMARTS) is 1. The van der Waals surface area contributed by atoms with Gasteiger partial charge in [-0.25, -0.2) is 9.78 Å². The SMILES string of the molecule is O=C(O)c1ccc(I)c2cc3ccccc3nc12. The van der Waals surface area contributed by atoms with Crippen LogP contribution in [0.1, 0.15) is 10.4 Å². The smallest absolute Gasteiger partial charge is 0.337 e. The Morgan fingerprint density at radius 1 is 1.17 bits per heavy atom. The average molecular weight is 349 g/mol. The second-order valence-electron chi connectivity index (χ2n) is 3.98. The zero-order valence-electron chi connectivity index (χ0n) is 9.22. The van der Waals surface area contributed by atoms with Crippen molar-refractivity contribution in [2.24, 2.45) is 0 Å². The van der Waals surface area contributed by atoms with Crippen molar-refractivity contribution in [2.75, 3.05) is 0 Å². The summed E-state index contributed by atoms with van der Waals surface area (Å²) in [7, 11) is 0. The molecular weight excluding hydrogens is 341 g/mol. The summed E-state index contributed by atoms with van der Waals surface area (Å²) in [5.74, 6) is -0.945. The summed E-state index contributed by atoms with van der Waals surface area (Å²) in [6.07, 6.45) is 0.